The van der Waals surface area contributed by atoms with Crippen molar-refractivity contribution in [2.75, 3.05) is 10.6 Å². The van der Waals surface area contributed by atoms with Gasteiger partial charge in [0.15, 0.2) is 0 Å². The Balaban J connectivity index is 1.63. The summed E-state index contributed by atoms with van der Waals surface area (Å²) >= 11 is 6.15. The lowest BCUT2D eigenvalue weighted by molar-refractivity contribution is 0.102. The molecule has 2 N–H and O–H groups in total. The lowest BCUT2D eigenvalue weighted by atomic mass is 10.1. The second-order valence-corrected chi connectivity index (χ2v) is 6.56. The molecule has 0 saturated carbocycles. The van der Waals surface area contributed by atoms with E-state index in [2.05, 4.69) is 15.6 Å². The van der Waals surface area contributed by atoms with Crippen LogP contribution in [0.4, 0.5) is 11.4 Å². The number of hydrogen-bond donors (Lipinski definition) is 2. The number of carbonyl (C=O) groups excluding carboxylic acids is 1. The van der Waals surface area contributed by atoms with Crippen LogP contribution in [0, 0.1) is 13.8 Å². The van der Waals surface area contributed by atoms with Gasteiger partial charge in [-0.2, -0.15) is 0 Å². The molecular formula is C21H20ClN3O. The fourth-order valence-electron chi connectivity index (χ4n) is 2.61. The van der Waals surface area contributed by atoms with Crippen molar-refractivity contribution < 1.29 is 4.79 Å². The van der Waals surface area contributed by atoms with Crippen molar-refractivity contribution in [3.63, 3.8) is 0 Å². The average molecular weight is 366 g/mol. The molecule has 0 fully saturated rings. The van der Waals surface area contributed by atoms with E-state index in [-0.39, 0.29) is 5.91 Å². The van der Waals surface area contributed by atoms with Crippen molar-refractivity contribution in [1.29, 1.82) is 0 Å². The average Bonchev–Trinajstić information content (AvgIpc) is 2.64. The van der Waals surface area contributed by atoms with Gasteiger partial charge in [-0.3, -0.25) is 4.79 Å². The molecule has 1 heterocycles. The van der Waals surface area contributed by atoms with Crippen LogP contribution in [0.3, 0.4) is 0 Å². The number of amides is 1. The SMILES string of the molecule is Cc1ccc(NC(=O)c2ccc(NCc3ccccc3Cl)cn2)c(C)c1. The lowest BCUT2D eigenvalue weighted by Gasteiger charge is -2.10. The summed E-state index contributed by atoms with van der Waals surface area (Å²) in [6.45, 7) is 4.59. The molecule has 0 aliphatic rings. The maximum absolute atomic E-state index is 12.4. The van der Waals surface area contributed by atoms with Crippen LogP contribution in [-0.4, -0.2) is 10.9 Å². The van der Waals surface area contributed by atoms with E-state index >= 15 is 0 Å². The summed E-state index contributed by atoms with van der Waals surface area (Å²) in [4.78, 5) is 16.6. The molecule has 5 heteroatoms. The van der Waals surface area contributed by atoms with E-state index in [0.29, 0.717) is 12.2 Å². The van der Waals surface area contributed by atoms with Gasteiger partial charge in [-0.05, 0) is 49.2 Å². The summed E-state index contributed by atoms with van der Waals surface area (Å²) in [5, 5.41) is 6.87. The minimum absolute atomic E-state index is 0.227. The number of halogens is 1. The predicted octanol–water partition coefficient (Wildman–Crippen LogP) is 5.22. The molecule has 26 heavy (non-hydrogen) atoms. The second kappa shape index (κ2) is 8.02. The second-order valence-electron chi connectivity index (χ2n) is 6.15. The van der Waals surface area contributed by atoms with Gasteiger partial charge in [0.05, 0.1) is 11.9 Å². The number of anilines is 2. The van der Waals surface area contributed by atoms with Crippen LogP contribution < -0.4 is 10.6 Å². The molecule has 3 rings (SSSR count). The van der Waals surface area contributed by atoms with Crippen molar-refractivity contribution >= 4 is 28.9 Å². The van der Waals surface area contributed by atoms with E-state index in [9.17, 15) is 4.79 Å². The summed E-state index contributed by atoms with van der Waals surface area (Å²) in [6.07, 6.45) is 1.65. The summed E-state index contributed by atoms with van der Waals surface area (Å²) in [5.74, 6) is -0.227. The Hall–Kier alpha value is -2.85. The molecule has 0 radical (unpaired) electrons. The molecule has 0 spiro atoms. The fraction of sp³-hybridized carbons (Fsp3) is 0.143. The number of aryl methyl sites for hydroxylation is 2. The van der Waals surface area contributed by atoms with Crippen molar-refractivity contribution in [3.8, 4) is 0 Å². The van der Waals surface area contributed by atoms with Gasteiger partial charge in [-0.1, -0.05) is 47.5 Å². The van der Waals surface area contributed by atoms with Crippen LogP contribution in [0.1, 0.15) is 27.2 Å². The highest BCUT2D eigenvalue weighted by Gasteiger charge is 2.09. The largest absolute Gasteiger partial charge is 0.380 e. The van der Waals surface area contributed by atoms with Gasteiger partial charge in [0.25, 0.3) is 5.91 Å². The maximum atomic E-state index is 12.4. The van der Waals surface area contributed by atoms with Gasteiger partial charge in [-0.25, -0.2) is 4.98 Å². The first-order valence-corrected chi connectivity index (χ1v) is 8.72. The van der Waals surface area contributed by atoms with E-state index in [1.807, 2.05) is 62.4 Å². The topological polar surface area (TPSA) is 54.0 Å². The first-order chi connectivity index (χ1) is 12.5. The van der Waals surface area contributed by atoms with Gasteiger partial charge in [0.1, 0.15) is 5.69 Å². The molecule has 3 aromatic rings. The minimum Gasteiger partial charge on any atom is -0.380 e. The first-order valence-electron chi connectivity index (χ1n) is 8.35. The van der Waals surface area contributed by atoms with Crippen molar-refractivity contribution in [1.82, 2.24) is 4.98 Å². The Morgan fingerprint density at radius 3 is 2.58 bits per heavy atom. The summed E-state index contributed by atoms with van der Waals surface area (Å²) < 4.78 is 0. The molecule has 132 valence electrons. The summed E-state index contributed by atoms with van der Waals surface area (Å²) in [5.41, 5.74) is 5.18. The molecule has 0 aliphatic carbocycles. The summed E-state index contributed by atoms with van der Waals surface area (Å²) in [6, 6.07) is 17.1. The third-order valence-electron chi connectivity index (χ3n) is 4.07. The van der Waals surface area contributed by atoms with Crippen LogP contribution in [0.5, 0.6) is 0 Å². The number of carbonyl (C=O) groups is 1. The third kappa shape index (κ3) is 4.41. The third-order valence-corrected chi connectivity index (χ3v) is 4.44. The normalized spacial score (nSPS) is 10.4. The molecule has 1 amide bonds. The Kier molecular flexibility index (Phi) is 5.54. The standard InChI is InChI=1S/C21H20ClN3O/c1-14-7-9-19(15(2)11-14)25-21(26)20-10-8-17(13-24-20)23-12-16-5-3-4-6-18(16)22/h3-11,13,23H,12H2,1-2H3,(H,25,26). The van der Waals surface area contributed by atoms with E-state index in [4.69, 9.17) is 11.6 Å². The number of nitrogens with one attached hydrogen (secondary N) is 2. The predicted molar refractivity (Wildman–Crippen MR) is 107 cm³/mol. The monoisotopic (exact) mass is 365 g/mol. The smallest absolute Gasteiger partial charge is 0.274 e. The van der Waals surface area contributed by atoms with Gasteiger partial charge < -0.3 is 10.6 Å². The van der Waals surface area contributed by atoms with Gasteiger partial charge >= 0.3 is 0 Å². The molecule has 0 aliphatic heterocycles. The Bertz CT molecular complexity index is 923. The minimum atomic E-state index is -0.227. The zero-order valence-corrected chi connectivity index (χ0v) is 15.5. The number of hydrogen-bond acceptors (Lipinski definition) is 3. The van der Waals surface area contributed by atoms with Crippen LogP contribution >= 0.6 is 11.6 Å². The van der Waals surface area contributed by atoms with Gasteiger partial charge in [0.2, 0.25) is 0 Å². The molecule has 2 aromatic carbocycles. The molecule has 0 bridgehead atoms. The molecule has 0 saturated heterocycles. The van der Waals surface area contributed by atoms with E-state index in [0.717, 1.165) is 33.1 Å². The highest BCUT2D eigenvalue weighted by Crippen LogP contribution is 2.18. The van der Waals surface area contributed by atoms with E-state index in [1.165, 1.54) is 0 Å². The number of benzene rings is 2. The highest BCUT2D eigenvalue weighted by molar-refractivity contribution is 6.31. The van der Waals surface area contributed by atoms with Crippen molar-refractivity contribution in [3.05, 3.63) is 88.2 Å². The molecule has 1 aromatic heterocycles. The summed E-state index contributed by atoms with van der Waals surface area (Å²) in [7, 11) is 0. The quantitative estimate of drug-likeness (QED) is 0.652. The zero-order chi connectivity index (χ0) is 18.5. The highest BCUT2D eigenvalue weighted by atomic mass is 35.5. The maximum Gasteiger partial charge on any atom is 0.274 e. The number of aromatic nitrogens is 1. The van der Waals surface area contributed by atoms with Gasteiger partial charge in [0, 0.05) is 17.3 Å². The molecule has 4 nitrogen and oxygen atoms in total. The first kappa shape index (κ1) is 18.0. The zero-order valence-electron chi connectivity index (χ0n) is 14.7. The van der Waals surface area contributed by atoms with E-state index in [1.54, 1.807) is 12.3 Å². The van der Waals surface area contributed by atoms with Crippen LogP contribution in [0.2, 0.25) is 5.02 Å². The number of rotatable bonds is 5. The Morgan fingerprint density at radius 1 is 1.08 bits per heavy atom. The molecule has 0 unspecified atom stereocenters. The molecular weight excluding hydrogens is 346 g/mol. The lowest BCUT2D eigenvalue weighted by Crippen LogP contribution is -2.14. The van der Waals surface area contributed by atoms with E-state index < -0.39 is 0 Å². The Labute approximate surface area is 158 Å². The number of pyridine rings is 1. The fourth-order valence-corrected chi connectivity index (χ4v) is 2.81. The number of nitrogens with zero attached hydrogens (tertiary/aromatic N) is 1. The molecule has 0 atom stereocenters. The van der Waals surface area contributed by atoms with Crippen LogP contribution in [-0.2, 0) is 6.54 Å². The Morgan fingerprint density at radius 2 is 1.88 bits per heavy atom. The van der Waals surface area contributed by atoms with Crippen molar-refractivity contribution in [2.45, 2.75) is 20.4 Å². The van der Waals surface area contributed by atoms with Crippen LogP contribution in [0.15, 0.2) is 60.8 Å². The van der Waals surface area contributed by atoms with Gasteiger partial charge in [-0.15, -0.1) is 0 Å². The van der Waals surface area contributed by atoms with Crippen molar-refractivity contribution in [2.24, 2.45) is 0 Å². The van der Waals surface area contributed by atoms with Crippen LogP contribution in [0.25, 0.3) is 0 Å².